The van der Waals surface area contributed by atoms with Gasteiger partial charge in [-0.1, -0.05) is 41.4 Å². The number of aryl methyl sites for hydroxylation is 2. The molecule has 0 spiro atoms. The predicted molar refractivity (Wildman–Crippen MR) is 113 cm³/mol. The molecule has 144 valence electrons. The number of fused-ring (bicyclic) bond motifs is 1. The highest BCUT2D eigenvalue weighted by Gasteiger charge is 2.19. The van der Waals surface area contributed by atoms with Crippen LogP contribution < -0.4 is 5.32 Å². The number of nitrogens with zero attached hydrogens (tertiary/aromatic N) is 2. The van der Waals surface area contributed by atoms with Gasteiger partial charge >= 0.3 is 0 Å². The molecule has 5 nitrogen and oxygen atoms in total. The van der Waals surface area contributed by atoms with Crippen LogP contribution in [-0.4, -0.2) is 35.3 Å². The van der Waals surface area contributed by atoms with Gasteiger partial charge < -0.3 is 10.2 Å². The lowest BCUT2D eigenvalue weighted by Gasteiger charge is -2.19. The second kappa shape index (κ2) is 8.17. The Kier molecular flexibility index (Phi) is 5.87. The minimum absolute atomic E-state index is 0.147. The summed E-state index contributed by atoms with van der Waals surface area (Å²) in [6, 6.07) is 12.6. The standard InChI is InChI=1S/C21H19Cl2N3O2/c1-12-7-8-14-10-15(13(2)24-18(14)9-12)21(28)26(3)11-19(27)25-20-16(22)5-4-6-17(20)23/h4-10H,11H2,1-3H3,(H,25,27). The molecule has 28 heavy (non-hydrogen) atoms. The van der Waals surface area contributed by atoms with Crippen LogP contribution in [0.25, 0.3) is 10.9 Å². The van der Waals surface area contributed by atoms with E-state index in [0.717, 1.165) is 16.5 Å². The largest absolute Gasteiger partial charge is 0.332 e. The summed E-state index contributed by atoms with van der Waals surface area (Å²) in [5, 5.41) is 4.20. The highest BCUT2D eigenvalue weighted by molar-refractivity contribution is 6.39. The first-order valence-electron chi connectivity index (χ1n) is 8.63. The zero-order chi connectivity index (χ0) is 20.4. The summed E-state index contributed by atoms with van der Waals surface area (Å²) in [6.07, 6.45) is 0. The van der Waals surface area contributed by atoms with E-state index in [1.165, 1.54) is 4.90 Å². The third kappa shape index (κ3) is 4.26. The Hall–Kier alpha value is -2.63. The van der Waals surface area contributed by atoms with E-state index in [1.807, 2.05) is 25.1 Å². The van der Waals surface area contributed by atoms with E-state index in [-0.39, 0.29) is 12.5 Å². The van der Waals surface area contributed by atoms with Crippen LogP contribution >= 0.6 is 23.2 Å². The van der Waals surface area contributed by atoms with E-state index in [1.54, 1.807) is 38.2 Å². The van der Waals surface area contributed by atoms with Gasteiger partial charge in [0.25, 0.3) is 5.91 Å². The van der Waals surface area contributed by atoms with E-state index >= 15 is 0 Å². The summed E-state index contributed by atoms with van der Waals surface area (Å²) in [5.41, 5.74) is 3.34. The minimum Gasteiger partial charge on any atom is -0.332 e. The fraction of sp³-hybridized carbons (Fsp3) is 0.190. The number of para-hydroxylation sites is 1. The molecule has 1 heterocycles. The summed E-state index contributed by atoms with van der Waals surface area (Å²) in [4.78, 5) is 31.1. The number of rotatable bonds is 4. The topological polar surface area (TPSA) is 62.3 Å². The van der Waals surface area contributed by atoms with Crippen molar-refractivity contribution in [2.24, 2.45) is 0 Å². The fourth-order valence-electron chi connectivity index (χ4n) is 2.88. The normalized spacial score (nSPS) is 10.8. The maximum Gasteiger partial charge on any atom is 0.255 e. The maximum absolute atomic E-state index is 12.9. The number of pyridine rings is 1. The van der Waals surface area contributed by atoms with E-state index in [9.17, 15) is 9.59 Å². The lowest BCUT2D eigenvalue weighted by Crippen LogP contribution is -2.35. The van der Waals surface area contributed by atoms with Crippen molar-refractivity contribution in [3.63, 3.8) is 0 Å². The number of likely N-dealkylation sites (N-methyl/N-ethyl adjacent to an activating group) is 1. The molecule has 0 aliphatic carbocycles. The Morgan fingerprint density at radius 2 is 1.75 bits per heavy atom. The number of nitrogens with one attached hydrogen (secondary N) is 1. The fourth-order valence-corrected chi connectivity index (χ4v) is 3.37. The van der Waals surface area contributed by atoms with Gasteiger partial charge in [-0.3, -0.25) is 14.6 Å². The van der Waals surface area contributed by atoms with Crippen LogP contribution in [0.3, 0.4) is 0 Å². The molecule has 2 aromatic carbocycles. The Morgan fingerprint density at radius 3 is 2.43 bits per heavy atom. The highest BCUT2D eigenvalue weighted by Crippen LogP contribution is 2.29. The maximum atomic E-state index is 12.9. The molecular weight excluding hydrogens is 397 g/mol. The number of benzene rings is 2. The van der Waals surface area contributed by atoms with Crippen molar-refractivity contribution in [1.82, 2.24) is 9.88 Å². The van der Waals surface area contributed by atoms with Crippen LogP contribution in [0.1, 0.15) is 21.6 Å². The van der Waals surface area contributed by atoms with Crippen molar-refractivity contribution in [3.8, 4) is 0 Å². The number of anilines is 1. The zero-order valence-corrected chi connectivity index (χ0v) is 17.2. The molecule has 0 aliphatic rings. The number of aromatic nitrogens is 1. The SMILES string of the molecule is Cc1ccc2cc(C(=O)N(C)CC(=O)Nc3c(Cl)cccc3Cl)c(C)nc2c1. The van der Waals surface area contributed by atoms with Gasteiger partial charge in [0, 0.05) is 12.4 Å². The number of halogens is 2. The molecule has 0 aliphatic heterocycles. The number of amides is 2. The molecular formula is C21H19Cl2N3O2. The van der Waals surface area contributed by atoms with Crippen molar-refractivity contribution in [2.45, 2.75) is 13.8 Å². The van der Waals surface area contributed by atoms with Gasteiger partial charge in [-0.05, 0) is 43.7 Å². The molecule has 0 atom stereocenters. The van der Waals surface area contributed by atoms with Gasteiger partial charge in [-0.2, -0.15) is 0 Å². The van der Waals surface area contributed by atoms with Crippen LogP contribution in [0, 0.1) is 13.8 Å². The average molecular weight is 416 g/mol. The van der Waals surface area contributed by atoms with Crippen LogP contribution in [0.2, 0.25) is 10.0 Å². The molecule has 0 unspecified atom stereocenters. The first kappa shape index (κ1) is 20.1. The van der Waals surface area contributed by atoms with Crippen LogP contribution in [0.5, 0.6) is 0 Å². The smallest absolute Gasteiger partial charge is 0.255 e. The van der Waals surface area contributed by atoms with Gasteiger partial charge in [0.1, 0.15) is 0 Å². The van der Waals surface area contributed by atoms with Gasteiger partial charge in [0.05, 0.1) is 39.1 Å². The average Bonchev–Trinajstić information content (AvgIpc) is 2.63. The Bertz CT molecular complexity index is 1060. The van der Waals surface area contributed by atoms with E-state index < -0.39 is 5.91 Å². The summed E-state index contributed by atoms with van der Waals surface area (Å²) in [6.45, 7) is 3.63. The molecule has 0 saturated carbocycles. The molecule has 0 bridgehead atoms. The number of carbonyl (C=O) groups is 2. The molecule has 3 rings (SSSR count). The lowest BCUT2D eigenvalue weighted by atomic mass is 10.1. The second-order valence-electron chi connectivity index (χ2n) is 6.62. The third-order valence-corrected chi connectivity index (χ3v) is 4.98. The van der Waals surface area contributed by atoms with Gasteiger partial charge in [-0.15, -0.1) is 0 Å². The monoisotopic (exact) mass is 415 g/mol. The predicted octanol–water partition coefficient (Wildman–Crippen LogP) is 4.87. The Balaban J connectivity index is 1.77. The van der Waals surface area contributed by atoms with E-state index in [0.29, 0.717) is 27.0 Å². The minimum atomic E-state index is -0.395. The first-order valence-corrected chi connectivity index (χ1v) is 9.39. The van der Waals surface area contributed by atoms with Crippen molar-refractivity contribution < 1.29 is 9.59 Å². The Morgan fingerprint density at radius 1 is 1.07 bits per heavy atom. The third-order valence-electron chi connectivity index (χ3n) is 4.35. The van der Waals surface area contributed by atoms with Crippen LogP contribution in [0.4, 0.5) is 5.69 Å². The van der Waals surface area contributed by atoms with Crippen molar-refractivity contribution in [2.75, 3.05) is 18.9 Å². The summed E-state index contributed by atoms with van der Waals surface area (Å²) >= 11 is 12.1. The molecule has 0 radical (unpaired) electrons. The van der Waals surface area contributed by atoms with Crippen molar-refractivity contribution >= 4 is 51.6 Å². The molecule has 0 saturated heterocycles. The zero-order valence-electron chi connectivity index (χ0n) is 15.7. The summed E-state index contributed by atoms with van der Waals surface area (Å²) in [5.74, 6) is -0.680. The summed E-state index contributed by atoms with van der Waals surface area (Å²) < 4.78 is 0. The van der Waals surface area contributed by atoms with Crippen LogP contribution in [0.15, 0.2) is 42.5 Å². The second-order valence-corrected chi connectivity index (χ2v) is 7.44. The Labute approximate surface area is 173 Å². The van der Waals surface area contributed by atoms with E-state index in [2.05, 4.69) is 10.3 Å². The van der Waals surface area contributed by atoms with Gasteiger partial charge in [-0.25, -0.2) is 0 Å². The number of hydrogen-bond donors (Lipinski definition) is 1. The molecule has 3 aromatic rings. The quantitative estimate of drug-likeness (QED) is 0.660. The number of hydrogen-bond acceptors (Lipinski definition) is 3. The highest BCUT2D eigenvalue weighted by atomic mass is 35.5. The van der Waals surface area contributed by atoms with Crippen molar-refractivity contribution in [3.05, 3.63) is 69.3 Å². The number of carbonyl (C=O) groups excluding carboxylic acids is 2. The lowest BCUT2D eigenvalue weighted by molar-refractivity contribution is -0.116. The summed E-state index contributed by atoms with van der Waals surface area (Å²) in [7, 11) is 1.56. The van der Waals surface area contributed by atoms with Gasteiger partial charge in [0.15, 0.2) is 0 Å². The van der Waals surface area contributed by atoms with Crippen LogP contribution in [-0.2, 0) is 4.79 Å². The van der Waals surface area contributed by atoms with E-state index in [4.69, 9.17) is 23.2 Å². The molecule has 1 aromatic heterocycles. The van der Waals surface area contributed by atoms with Crippen molar-refractivity contribution in [1.29, 1.82) is 0 Å². The first-order chi connectivity index (χ1) is 13.3. The van der Waals surface area contributed by atoms with Gasteiger partial charge in [0.2, 0.25) is 5.91 Å². The molecule has 7 heteroatoms. The molecule has 0 fully saturated rings. The molecule has 2 amide bonds. The molecule has 1 N–H and O–H groups in total.